The van der Waals surface area contributed by atoms with Gasteiger partial charge in [0.15, 0.2) is 0 Å². The molecule has 1 fully saturated rings. The van der Waals surface area contributed by atoms with Gasteiger partial charge in [-0.1, -0.05) is 0 Å². The van der Waals surface area contributed by atoms with Crippen molar-refractivity contribution < 1.29 is 14.3 Å². The maximum atomic E-state index is 11.4. The molecule has 1 N–H and O–H groups in total. The number of ether oxygens (including phenoxy) is 2. The number of hydrogen-bond donors (Lipinski definition) is 1. The fourth-order valence-corrected chi connectivity index (χ4v) is 1.47. The van der Waals surface area contributed by atoms with Crippen molar-refractivity contribution in [1.29, 1.82) is 5.26 Å². The van der Waals surface area contributed by atoms with Crippen LogP contribution >= 0.6 is 0 Å². The molecule has 16 heavy (non-hydrogen) atoms. The van der Waals surface area contributed by atoms with Crippen molar-refractivity contribution in [2.45, 2.75) is 26.4 Å². The number of carbonyl (C=O) groups excluding carboxylic acids is 1. The minimum Gasteiger partial charge on any atom is -0.444 e. The molecule has 1 amide bonds. The van der Waals surface area contributed by atoms with Gasteiger partial charge in [0, 0.05) is 12.5 Å². The van der Waals surface area contributed by atoms with E-state index in [-0.39, 0.29) is 11.8 Å². The second-order valence-corrected chi connectivity index (χ2v) is 4.92. The SMILES string of the molecule is CC(C)(C)OC(=O)NC[C@@H]1COC[C@H]1C#N. The van der Waals surface area contributed by atoms with Crippen LogP contribution in [0.5, 0.6) is 0 Å². The van der Waals surface area contributed by atoms with Gasteiger partial charge < -0.3 is 14.8 Å². The van der Waals surface area contributed by atoms with Gasteiger partial charge in [0.2, 0.25) is 0 Å². The van der Waals surface area contributed by atoms with Crippen molar-refractivity contribution in [2.24, 2.45) is 11.8 Å². The van der Waals surface area contributed by atoms with Crippen molar-refractivity contribution in [2.75, 3.05) is 19.8 Å². The first kappa shape index (κ1) is 12.8. The number of alkyl carbamates (subject to hydrolysis) is 1. The second kappa shape index (κ2) is 5.17. The summed E-state index contributed by atoms with van der Waals surface area (Å²) in [7, 11) is 0. The van der Waals surface area contributed by atoms with Crippen LogP contribution in [0, 0.1) is 23.2 Å². The number of nitrogens with zero attached hydrogens (tertiary/aromatic N) is 1. The number of hydrogen-bond acceptors (Lipinski definition) is 4. The summed E-state index contributed by atoms with van der Waals surface area (Å²) in [4.78, 5) is 11.4. The van der Waals surface area contributed by atoms with E-state index in [0.717, 1.165) is 0 Å². The zero-order chi connectivity index (χ0) is 12.2. The highest BCUT2D eigenvalue weighted by atomic mass is 16.6. The smallest absolute Gasteiger partial charge is 0.407 e. The Morgan fingerprint density at radius 1 is 1.56 bits per heavy atom. The summed E-state index contributed by atoms with van der Waals surface area (Å²) in [6.07, 6.45) is -0.448. The third-order valence-corrected chi connectivity index (χ3v) is 2.27. The molecule has 0 aliphatic carbocycles. The summed E-state index contributed by atoms with van der Waals surface area (Å²) in [5.41, 5.74) is -0.495. The Balaban J connectivity index is 2.30. The number of nitriles is 1. The number of amides is 1. The van der Waals surface area contributed by atoms with E-state index in [9.17, 15) is 4.79 Å². The third-order valence-electron chi connectivity index (χ3n) is 2.27. The molecule has 1 heterocycles. The van der Waals surface area contributed by atoms with Gasteiger partial charge in [-0.2, -0.15) is 5.26 Å². The van der Waals surface area contributed by atoms with E-state index < -0.39 is 11.7 Å². The Kier molecular flexibility index (Phi) is 4.13. The van der Waals surface area contributed by atoms with Crippen molar-refractivity contribution in [1.82, 2.24) is 5.32 Å². The van der Waals surface area contributed by atoms with Crippen LogP contribution in [-0.2, 0) is 9.47 Å². The van der Waals surface area contributed by atoms with Crippen LogP contribution in [0.3, 0.4) is 0 Å². The molecule has 2 atom stereocenters. The fraction of sp³-hybridized carbons (Fsp3) is 0.818. The molecule has 0 radical (unpaired) electrons. The monoisotopic (exact) mass is 226 g/mol. The standard InChI is InChI=1S/C11H18N2O3/c1-11(2,3)16-10(14)13-5-9-7-15-6-8(9)4-12/h8-9H,5-7H2,1-3H3,(H,13,14)/t8-,9-/m1/s1. The van der Waals surface area contributed by atoms with Gasteiger partial charge in [0.1, 0.15) is 5.60 Å². The molecule has 1 aliphatic heterocycles. The predicted octanol–water partition coefficient (Wildman–Crippen LogP) is 1.30. The highest BCUT2D eigenvalue weighted by molar-refractivity contribution is 5.67. The lowest BCUT2D eigenvalue weighted by atomic mass is 9.98. The van der Waals surface area contributed by atoms with E-state index >= 15 is 0 Å². The Hall–Kier alpha value is -1.28. The minimum atomic E-state index is -0.495. The fourth-order valence-electron chi connectivity index (χ4n) is 1.47. The number of carbonyl (C=O) groups is 1. The van der Waals surface area contributed by atoms with E-state index in [1.807, 2.05) is 20.8 Å². The van der Waals surface area contributed by atoms with Crippen molar-refractivity contribution in [3.63, 3.8) is 0 Å². The average Bonchev–Trinajstić information content (AvgIpc) is 2.59. The molecular weight excluding hydrogens is 208 g/mol. The molecular formula is C11H18N2O3. The lowest BCUT2D eigenvalue weighted by Crippen LogP contribution is -2.36. The summed E-state index contributed by atoms with van der Waals surface area (Å²) >= 11 is 0. The first-order chi connectivity index (χ1) is 7.42. The highest BCUT2D eigenvalue weighted by Crippen LogP contribution is 2.19. The highest BCUT2D eigenvalue weighted by Gasteiger charge is 2.28. The van der Waals surface area contributed by atoms with Crippen LogP contribution in [0.1, 0.15) is 20.8 Å². The topological polar surface area (TPSA) is 71.3 Å². The van der Waals surface area contributed by atoms with Gasteiger partial charge in [-0.25, -0.2) is 4.79 Å². The summed E-state index contributed by atoms with van der Waals surface area (Å²) < 4.78 is 10.3. The van der Waals surface area contributed by atoms with Crippen LogP contribution in [0.2, 0.25) is 0 Å². The van der Waals surface area contributed by atoms with Crippen LogP contribution < -0.4 is 5.32 Å². The van der Waals surface area contributed by atoms with E-state index in [0.29, 0.717) is 19.8 Å². The Morgan fingerprint density at radius 2 is 2.25 bits per heavy atom. The van der Waals surface area contributed by atoms with E-state index in [2.05, 4.69) is 11.4 Å². The van der Waals surface area contributed by atoms with Gasteiger partial charge in [-0.15, -0.1) is 0 Å². The molecule has 0 aromatic rings. The molecule has 0 aromatic heterocycles. The third kappa shape index (κ3) is 4.07. The lowest BCUT2D eigenvalue weighted by molar-refractivity contribution is 0.0516. The maximum Gasteiger partial charge on any atom is 0.407 e. The second-order valence-electron chi connectivity index (χ2n) is 4.92. The first-order valence-electron chi connectivity index (χ1n) is 5.36. The van der Waals surface area contributed by atoms with E-state index in [4.69, 9.17) is 14.7 Å². The van der Waals surface area contributed by atoms with Gasteiger partial charge in [-0.3, -0.25) is 0 Å². The molecule has 1 aliphatic rings. The summed E-state index contributed by atoms with van der Waals surface area (Å²) in [5, 5.41) is 11.5. The average molecular weight is 226 g/mol. The van der Waals surface area contributed by atoms with Crippen LogP contribution in [-0.4, -0.2) is 31.5 Å². The van der Waals surface area contributed by atoms with Crippen molar-refractivity contribution in [3.8, 4) is 6.07 Å². The number of nitrogens with one attached hydrogen (secondary N) is 1. The molecule has 5 heteroatoms. The molecule has 5 nitrogen and oxygen atoms in total. The van der Waals surface area contributed by atoms with E-state index in [1.54, 1.807) is 0 Å². The van der Waals surface area contributed by atoms with Crippen molar-refractivity contribution in [3.05, 3.63) is 0 Å². The van der Waals surface area contributed by atoms with Gasteiger partial charge >= 0.3 is 6.09 Å². The predicted molar refractivity (Wildman–Crippen MR) is 57.6 cm³/mol. The molecule has 0 spiro atoms. The Bertz CT molecular complexity index is 291. The Labute approximate surface area is 95.7 Å². The lowest BCUT2D eigenvalue weighted by Gasteiger charge is -2.20. The maximum absolute atomic E-state index is 11.4. The quantitative estimate of drug-likeness (QED) is 0.770. The van der Waals surface area contributed by atoms with E-state index in [1.165, 1.54) is 0 Å². The van der Waals surface area contributed by atoms with Crippen LogP contribution in [0.4, 0.5) is 4.79 Å². The largest absolute Gasteiger partial charge is 0.444 e. The van der Waals surface area contributed by atoms with Gasteiger partial charge in [0.25, 0.3) is 0 Å². The Morgan fingerprint density at radius 3 is 2.81 bits per heavy atom. The first-order valence-corrected chi connectivity index (χ1v) is 5.36. The summed E-state index contributed by atoms with van der Waals surface area (Å²) in [6, 6.07) is 2.17. The minimum absolute atomic E-state index is 0.0671. The summed E-state index contributed by atoms with van der Waals surface area (Å²) in [5.74, 6) is -0.0625. The van der Waals surface area contributed by atoms with Gasteiger partial charge in [-0.05, 0) is 20.8 Å². The molecule has 0 aromatic carbocycles. The molecule has 1 rings (SSSR count). The normalized spacial score (nSPS) is 24.9. The molecule has 0 bridgehead atoms. The zero-order valence-electron chi connectivity index (χ0n) is 9.95. The van der Waals surface area contributed by atoms with Crippen LogP contribution in [0.25, 0.3) is 0 Å². The van der Waals surface area contributed by atoms with Crippen molar-refractivity contribution >= 4 is 6.09 Å². The molecule has 0 unspecified atom stereocenters. The number of rotatable bonds is 2. The zero-order valence-corrected chi connectivity index (χ0v) is 9.95. The molecule has 90 valence electrons. The van der Waals surface area contributed by atoms with Crippen LogP contribution in [0.15, 0.2) is 0 Å². The van der Waals surface area contributed by atoms with Gasteiger partial charge in [0.05, 0.1) is 25.2 Å². The molecule has 1 saturated heterocycles. The molecule has 0 saturated carbocycles. The summed E-state index contributed by atoms with van der Waals surface area (Å²) in [6.45, 7) is 6.83.